The topological polar surface area (TPSA) is 177 Å². The lowest BCUT2D eigenvalue weighted by molar-refractivity contribution is -0.300. The molecule has 35 heavy (non-hydrogen) atoms. The number of nitrogens with two attached hydrogens (primary N) is 2. The van der Waals surface area contributed by atoms with Gasteiger partial charge in [-0.05, 0) is 65.7 Å². The Morgan fingerprint density at radius 3 is 2.37 bits per heavy atom. The molecule has 0 aromatic heterocycles. The summed E-state index contributed by atoms with van der Waals surface area (Å²) in [6, 6.07) is -1.42. The second kappa shape index (κ2) is 13.7. The monoisotopic (exact) mass is 569 g/mol. The SMILES string of the molecule is Br.CCN[C@@H]1C[C@H](N)[C@H](O[C@H]2C[C@H](CNC)CC[C@H]2N)[C@H](O)[C@H]1O[C@@H]1OC[C@@](C)(O)[C@@H](NC)[C@@H]1O. The van der Waals surface area contributed by atoms with Crippen LogP contribution in [-0.2, 0) is 14.2 Å². The quantitative estimate of drug-likeness (QED) is 0.157. The first kappa shape index (κ1) is 31.3. The number of likely N-dealkylation sites (N-methyl/N-ethyl adjacent to an activating group) is 2. The van der Waals surface area contributed by atoms with E-state index in [1.807, 2.05) is 14.0 Å². The molecule has 3 aliphatic rings. The van der Waals surface area contributed by atoms with Gasteiger partial charge in [0.2, 0.25) is 0 Å². The zero-order chi connectivity index (χ0) is 25.0. The molecule has 208 valence electrons. The van der Waals surface area contributed by atoms with Gasteiger partial charge < -0.3 is 56.9 Å². The number of hydrogen-bond donors (Lipinski definition) is 8. The number of rotatable bonds is 9. The fraction of sp³-hybridized carbons (Fsp3) is 1.00. The summed E-state index contributed by atoms with van der Waals surface area (Å²) in [7, 11) is 3.60. The first-order chi connectivity index (χ1) is 16.1. The number of hydrogen-bond acceptors (Lipinski definition) is 11. The highest BCUT2D eigenvalue weighted by Crippen LogP contribution is 2.33. The van der Waals surface area contributed by atoms with E-state index >= 15 is 0 Å². The van der Waals surface area contributed by atoms with Crippen LogP contribution in [0.3, 0.4) is 0 Å². The molecule has 1 aliphatic heterocycles. The third-order valence-electron chi connectivity index (χ3n) is 7.69. The predicted octanol–water partition coefficient (Wildman–Crippen LogP) is -1.82. The molecule has 11 nitrogen and oxygen atoms in total. The van der Waals surface area contributed by atoms with Crippen LogP contribution in [0, 0.1) is 5.92 Å². The third kappa shape index (κ3) is 7.33. The lowest BCUT2D eigenvalue weighted by Crippen LogP contribution is -2.69. The van der Waals surface area contributed by atoms with Crippen molar-refractivity contribution in [2.24, 2.45) is 17.4 Å². The normalized spacial score (nSPS) is 46.7. The van der Waals surface area contributed by atoms with Crippen molar-refractivity contribution in [2.75, 3.05) is 33.8 Å². The number of aliphatic hydroxyl groups excluding tert-OH is 2. The van der Waals surface area contributed by atoms with E-state index in [4.69, 9.17) is 25.7 Å². The van der Waals surface area contributed by atoms with E-state index in [9.17, 15) is 15.3 Å². The predicted molar refractivity (Wildman–Crippen MR) is 138 cm³/mol. The van der Waals surface area contributed by atoms with E-state index in [1.54, 1.807) is 14.0 Å². The Labute approximate surface area is 219 Å². The van der Waals surface area contributed by atoms with Gasteiger partial charge in [-0.1, -0.05) is 6.92 Å². The van der Waals surface area contributed by atoms with Crippen molar-refractivity contribution in [3.63, 3.8) is 0 Å². The molecule has 0 radical (unpaired) electrons. The minimum atomic E-state index is -1.25. The molecule has 0 aromatic carbocycles. The van der Waals surface area contributed by atoms with Crippen LogP contribution >= 0.6 is 17.0 Å². The Morgan fingerprint density at radius 2 is 1.74 bits per heavy atom. The van der Waals surface area contributed by atoms with E-state index in [-0.39, 0.29) is 41.8 Å². The molecule has 0 amide bonds. The number of halogens is 1. The molecule has 0 unspecified atom stereocenters. The summed E-state index contributed by atoms with van der Waals surface area (Å²) in [4.78, 5) is 0. The Morgan fingerprint density at radius 1 is 1.03 bits per heavy atom. The first-order valence-electron chi connectivity index (χ1n) is 12.7. The van der Waals surface area contributed by atoms with Crippen molar-refractivity contribution in [1.29, 1.82) is 0 Å². The minimum absolute atomic E-state index is 0. The van der Waals surface area contributed by atoms with E-state index in [2.05, 4.69) is 16.0 Å². The van der Waals surface area contributed by atoms with E-state index < -0.39 is 48.4 Å². The van der Waals surface area contributed by atoms with Crippen LogP contribution in [0.4, 0.5) is 0 Å². The molecule has 12 atom stereocenters. The molecule has 3 rings (SSSR count). The van der Waals surface area contributed by atoms with Crippen molar-refractivity contribution >= 4 is 17.0 Å². The smallest absolute Gasteiger partial charge is 0.185 e. The maximum absolute atomic E-state index is 11.4. The van der Waals surface area contributed by atoms with Crippen LogP contribution in [0.15, 0.2) is 0 Å². The lowest BCUT2D eigenvalue weighted by Gasteiger charge is -2.49. The molecule has 12 heteroatoms. The van der Waals surface area contributed by atoms with E-state index in [0.717, 1.165) is 25.8 Å². The summed E-state index contributed by atoms with van der Waals surface area (Å²) >= 11 is 0. The van der Waals surface area contributed by atoms with Gasteiger partial charge in [-0.15, -0.1) is 17.0 Å². The molecule has 1 saturated heterocycles. The van der Waals surface area contributed by atoms with Gasteiger partial charge >= 0.3 is 0 Å². The molecular weight excluding hydrogens is 522 g/mol. The summed E-state index contributed by atoms with van der Waals surface area (Å²) in [5.74, 6) is 0.463. The molecule has 3 fully saturated rings. The van der Waals surface area contributed by atoms with Crippen LogP contribution in [0.2, 0.25) is 0 Å². The van der Waals surface area contributed by atoms with Gasteiger partial charge in [-0.2, -0.15) is 0 Å². The van der Waals surface area contributed by atoms with Gasteiger partial charge in [0, 0.05) is 18.1 Å². The Kier molecular flexibility index (Phi) is 12.3. The number of nitrogens with one attached hydrogen (secondary N) is 3. The molecule has 2 aliphatic carbocycles. The van der Waals surface area contributed by atoms with Gasteiger partial charge in [0.25, 0.3) is 0 Å². The van der Waals surface area contributed by atoms with Crippen LogP contribution in [0.5, 0.6) is 0 Å². The van der Waals surface area contributed by atoms with Crippen molar-refractivity contribution in [2.45, 2.75) is 106 Å². The average molecular weight is 571 g/mol. The molecule has 1 heterocycles. The average Bonchev–Trinajstić information content (AvgIpc) is 2.77. The standard InChI is InChI=1S/C23H47N5O6.BrH/c1-5-28-15-9-14(25)19(33-16-8-12(10-26-3)6-7-13(16)24)17(29)20(15)34-22-18(30)21(27-4)23(2,31)11-32-22;/h12-22,26-31H,5-11,24-25H2,1-4H3;1H/t12-,13-,14+,15-,16+,17+,18+,19+,20+,21+,22+,23-;/m1./s1. The fourth-order valence-corrected chi connectivity index (χ4v) is 5.85. The summed E-state index contributed by atoms with van der Waals surface area (Å²) in [6.45, 7) is 5.12. The zero-order valence-electron chi connectivity index (χ0n) is 21.4. The largest absolute Gasteiger partial charge is 0.388 e. The highest BCUT2D eigenvalue weighted by molar-refractivity contribution is 8.93. The lowest BCUT2D eigenvalue weighted by atomic mass is 9.81. The maximum atomic E-state index is 11.4. The number of ether oxygens (including phenoxy) is 3. The summed E-state index contributed by atoms with van der Waals surface area (Å²) < 4.78 is 18.3. The Balaban J connectivity index is 0.00000432. The van der Waals surface area contributed by atoms with Gasteiger partial charge in [-0.25, -0.2) is 0 Å². The van der Waals surface area contributed by atoms with Crippen molar-refractivity contribution in [3.8, 4) is 0 Å². The van der Waals surface area contributed by atoms with Gasteiger partial charge in [-0.3, -0.25) is 0 Å². The molecule has 2 saturated carbocycles. The molecule has 0 aromatic rings. The third-order valence-corrected chi connectivity index (χ3v) is 7.69. The van der Waals surface area contributed by atoms with Gasteiger partial charge in [0.05, 0.1) is 18.8 Å². The fourth-order valence-electron chi connectivity index (χ4n) is 5.85. The highest BCUT2D eigenvalue weighted by Gasteiger charge is 2.51. The summed E-state index contributed by atoms with van der Waals surface area (Å²) in [6.07, 6.45) is -1.54. The first-order valence-corrected chi connectivity index (χ1v) is 12.7. The number of aliphatic hydroxyl groups is 3. The van der Waals surface area contributed by atoms with Crippen LogP contribution in [0.25, 0.3) is 0 Å². The van der Waals surface area contributed by atoms with E-state index in [0.29, 0.717) is 18.9 Å². The molecule has 0 bridgehead atoms. The molecular formula is C23H48BrN5O6. The minimum Gasteiger partial charge on any atom is -0.388 e. The summed E-state index contributed by atoms with van der Waals surface area (Å²) in [5.41, 5.74) is 11.6. The van der Waals surface area contributed by atoms with Gasteiger partial charge in [0.1, 0.15) is 30.0 Å². The van der Waals surface area contributed by atoms with Crippen molar-refractivity contribution in [1.82, 2.24) is 16.0 Å². The maximum Gasteiger partial charge on any atom is 0.185 e. The zero-order valence-corrected chi connectivity index (χ0v) is 23.1. The van der Waals surface area contributed by atoms with Crippen LogP contribution < -0.4 is 27.4 Å². The van der Waals surface area contributed by atoms with Crippen LogP contribution in [-0.4, -0.2) is 116 Å². The Bertz CT molecular complexity index is 637. The van der Waals surface area contributed by atoms with E-state index in [1.165, 1.54) is 0 Å². The van der Waals surface area contributed by atoms with Gasteiger partial charge in [0.15, 0.2) is 6.29 Å². The van der Waals surface area contributed by atoms with Crippen LogP contribution in [0.1, 0.15) is 39.5 Å². The molecule has 10 N–H and O–H groups in total. The molecule has 0 spiro atoms. The van der Waals surface area contributed by atoms with Crippen molar-refractivity contribution in [3.05, 3.63) is 0 Å². The van der Waals surface area contributed by atoms with Crippen molar-refractivity contribution < 1.29 is 29.5 Å². The second-order valence-corrected chi connectivity index (χ2v) is 10.5. The summed E-state index contributed by atoms with van der Waals surface area (Å²) in [5, 5.41) is 42.3. The Hall–Kier alpha value is 0.0400. The highest BCUT2D eigenvalue weighted by atomic mass is 79.9. The second-order valence-electron chi connectivity index (χ2n) is 10.5.